The van der Waals surface area contributed by atoms with Gasteiger partial charge in [-0.15, -0.1) is 0 Å². The van der Waals surface area contributed by atoms with Gasteiger partial charge in [0, 0.05) is 12.3 Å². The molecule has 2 aliphatic rings. The summed E-state index contributed by atoms with van der Waals surface area (Å²) in [6.45, 7) is 13.3. The van der Waals surface area contributed by atoms with Crippen molar-refractivity contribution in [3.63, 3.8) is 0 Å². The molecular weight excluding hydrogens is 599 g/mol. The summed E-state index contributed by atoms with van der Waals surface area (Å²) in [4.78, 5) is 30.0. The Kier molecular flexibility index (Phi) is 9.90. The van der Waals surface area contributed by atoms with Gasteiger partial charge in [0.05, 0.1) is 31.0 Å². The molecule has 2 aliphatic heterocycles. The molecule has 37 heavy (non-hydrogen) atoms. The van der Waals surface area contributed by atoms with Crippen LogP contribution in [-0.2, 0) is 9.22 Å². The van der Waals surface area contributed by atoms with Crippen molar-refractivity contribution in [1.82, 2.24) is 4.90 Å². The van der Waals surface area contributed by atoms with Crippen LogP contribution in [0, 0.1) is 0 Å². The van der Waals surface area contributed by atoms with Crippen LogP contribution in [0.15, 0.2) is 36.1 Å². The minimum Gasteiger partial charge on any atom is -0.493 e. The molecule has 1 aromatic carbocycles. The number of fused-ring (bicyclic) bond motifs is 2. The molecule has 7 nitrogen and oxygen atoms in total. The van der Waals surface area contributed by atoms with Gasteiger partial charge < -0.3 is 18.8 Å². The second kappa shape index (κ2) is 12.3. The number of alkyl halides is 1. The number of amides is 2. The zero-order valence-electron chi connectivity index (χ0n) is 23.2. The Morgan fingerprint density at radius 1 is 1.16 bits per heavy atom. The lowest BCUT2D eigenvalue weighted by molar-refractivity contribution is -0.109. The second-order valence-corrected chi connectivity index (χ2v) is 16.9. The zero-order valence-corrected chi connectivity index (χ0v) is 26.3. The average molecular weight is 641 g/mol. The Morgan fingerprint density at radius 2 is 1.89 bits per heavy atom. The fourth-order valence-corrected chi connectivity index (χ4v) is 6.16. The van der Waals surface area contributed by atoms with Crippen molar-refractivity contribution < 1.29 is 23.5 Å². The van der Waals surface area contributed by atoms with Crippen molar-refractivity contribution in [2.45, 2.75) is 83.8 Å². The number of halogens is 1. The van der Waals surface area contributed by atoms with Crippen molar-refractivity contribution in [3.05, 3.63) is 41.6 Å². The van der Waals surface area contributed by atoms with Crippen LogP contribution in [0.3, 0.4) is 0 Å². The summed E-state index contributed by atoms with van der Waals surface area (Å²) in [5, 5.41) is -0.0736. The first-order valence-corrected chi connectivity index (χ1v) is 17.4. The molecule has 0 spiro atoms. The predicted molar refractivity (Wildman–Crippen MR) is 159 cm³/mol. The van der Waals surface area contributed by atoms with Crippen molar-refractivity contribution in [2.75, 3.05) is 23.0 Å². The van der Waals surface area contributed by atoms with E-state index in [4.69, 9.17) is 13.9 Å². The van der Waals surface area contributed by atoms with Gasteiger partial charge in [-0.3, -0.25) is 14.5 Å². The highest BCUT2D eigenvalue weighted by atomic mass is 127. The number of hydrogen-bond donors (Lipinski definition) is 0. The summed E-state index contributed by atoms with van der Waals surface area (Å²) in [5.41, 5.74) is 1.91. The summed E-state index contributed by atoms with van der Waals surface area (Å²) < 4.78 is 19.7. The fourth-order valence-electron chi connectivity index (χ4n) is 4.39. The van der Waals surface area contributed by atoms with E-state index in [2.05, 4.69) is 56.5 Å². The minimum absolute atomic E-state index is 0.0736. The van der Waals surface area contributed by atoms with Crippen LogP contribution in [0.25, 0.3) is 0 Å². The third-order valence-corrected chi connectivity index (χ3v) is 12.7. The highest BCUT2D eigenvalue weighted by Gasteiger charge is 2.48. The second-order valence-electron chi connectivity index (χ2n) is 11.1. The third kappa shape index (κ3) is 6.42. The lowest BCUT2D eigenvalue weighted by Crippen LogP contribution is -2.56. The smallest absolute Gasteiger partial charge is 0.260 e. The number of allylic oxidation sites excluding steroid dienone is 2. The molecule has 0 aliphatic carbocycles. The summed E-state index contributed by atoms with van der Waals surface area (Å²) in [6, 6.07) is 3.12. The molecule has 2 heterocycles. The SMILES string of the molecule is C/C=C/C1=CN2C(=O)c3cc(OC)c(OCCCCCI)cc3N(C=O)[C@@H](O[Si](C)(C)C(C)(C)C)[C@@H]2C1. The van der Waals surface area contributed by atoms with E-state index in [0.29, 0.717) is 35.8 Å². The summed E-state index contributed by atoms with van der Waals surface area (Å²) in [5.74, 6) is 0.817. The standard InChI is InChI=1S/C28H41IN2O5Si/c1-8-12-20-15-23-27(36-37(6,7)28(2,3)4)31(19-32)22-17-25(35-14-11-9-10-13-29)24(34-5)16-21(22)26(33)30(23)18-20/h8,12,16-19,23,27H,9-11,13-15H2,1-7H3/b12-8+/t23-,27-/m0/s1. The average Bonchev–Trinajstić information content (AvgIpc) is 3.23. The van der Waals surface area contributed by atoms with Gasteiger partial charge >= 0.3 is 0 Å². The Balaban J connectivity index is 2.11. The van der Waals surface area contributed by atoms with E-state index in [0.717, 1.165) is 35.7 Å². The maximum absolute atomic E-state index is 13.9. The Morgan fingerprint density at radius 3 is 2.49 bits per heavy atom. The normalized spacial score (nSPS) is 20.0. The van der Waals surface area contributed by atoms with Crippen molar-refractivity contribution in [1.29, 1.82) is 0 Å². The van der Waals surface area contributed by atoms with Gasteiger partial charge in [-0.2, -0.15) is 0 Å². The number of carbonyl (C=O) groups excluding carboxylic acids is 2. The molecule has 0 aromatic heterocycles. The Bertz CT molecular complexity index is 1050. The van der Waals surface area contributed by atoms with E-state index in [9.17, 15) is 9.59 Å². The number of rotatable bonds is 11. The first kappa shape index (κ1) is 29.7. The van der Waals surface area contributed by atoms with Gasteiger partial charge in [0.25, 0.3) is 5.91 Å². The molecular formula is C28H41IN2O5Si. The number of hydrogen-bond acceptors (Lipinski definition) is 5. The van der Waals surface area contributed by atoms with Gasteiger partial charge in [0.2, 0.25) is 6.41 Å². The Labute approximate surface area is 236 Å². The molecule has 3 rings (SSSR count). The molecule has 0 N–H and O–H groups in total. The summed E-state index contributed by atoms with van der Waals surface area (Å²) >= 11 is 2.38. The molecule has 0 bridgehead atoms. The third-order valence-electron chi connectivity index (χ3n) is 7.49. The van der Waals surface area contributed by atoms with Gasteiger partial charge in [0.1, 0.15) is 6.23 Å². The topological polar surface area (TPSA) is 68.3 Å². The molecule has 2 amide bonds. The number of nitrogens with zero attached hydrogens (tertiary/aromatic N) is 2. The number of carbonyl (C=O) groups is 2. The van der Waals surface area contributed by atoms with Gasteiger partial charge in [-0.25, -0.2) is 0 Å². The molecule has 0 saturated carbocycles. The molecule has 0 fully saturated rings. The summed E-state index contributed by atoms with van der Waals surface area (Å²) in [7, 11) is -0.753. The van der Waals surface area contributed by atoms with E-state index >= 15 is 0 Å². The van der Waals surface area contributed by atoms with Gasteiger partial charge in [0.15, 0.2) is 19.8 Å². The van der Waals surface area contributed by atoms with E-state index in [1.807, 2.05) is 25.3 Å². The molecule has 0 unspecified atom stereocenters. The lowest BCUT2D eigenvalue weighted by Gasteiger charge is -2.44. The van der Waals surface area contributed by atoms with Crippen molar-refractivity contribution in [2.24, 2.45) is 0 Å². The fraction of sp³-hybridized carbons (Fsp3) is 0.571. The Hall–Kier alpha value is -1.85. The monoisotopic (exact) mass is 640 g/mol. The van der Waals surface area contributed by atoms with E-state index in [1.165, 1.54) is 0 Å². The molecule has 2 atom stereocenters. The van der Waals surface area contributed by atoms with Crippen LogP contribution < -0.4 is 14.4 Å². The van der Waals surface area contributed by atoms with E-state index in [-0.39, 0.29) is 17.0 Å². The van der Waals surface area contributed by atoms with Crippen molar-refractivity contribution in [3.8, 4) is 11.5 Å². The highest BCUT2D eigenvalue weighted by Crippen LogP contribution is 2.45. The number of benzene rings is 1. The first-order valence-electron chi connectivity index (χ1n) is 13.0. The van der Waals surface area contributed by atoms with Gasteiger partial charge in [-0.1, -0.05) is 55.5 Å². The number of unbranched alkanes of at least 4 members (excludes halogenated alkanes) is 2. The quantitative estimate of drug-likeness (QED) is 0.0888. The first-order chi connectivity index (χ1) is 17.5. The van der Waals surface area contributed by atoms with E-state index < -0.39 is 14.5 Å². The number of methoxy groups -OCH3 is 1. The van der Waals surface area contributed by atoms with Crippen LogP contribution in [0.4, 0.5) is 5.69 Å². The number of ether oxygens (including phenoxy) is 2. The molecule has 9 heteroatoms. The highest BCUT2D eigenvalue weighted by molar-refractivity contribution is 14.1. The predicted octanol–water partition coefficient (Wildman–Crippen LogP) is 6.68. The molecule has 0 radical (unpaired) electrons. The lowest BCUT2D eigenvalue weighted by atomic mass is 10.1. The summed E-state index contributed by atoms with van der Waals surface area (Å²) in [6.07, 6.45) is 9.76. The van der Waals surface area contributed by atoms with Crippen LogP contribution in [0.2, 0.25) is 18.1 Å². The molecule has 204 valence electrons. The van der Waals surface area contributed by atoms with E-state index in [1.54, 1.807) is 29.0 Å². The van der Waals surface area contributed by atoms with Crippen LogP contribution >= 0.6 is 22.6 Å². The molecule has 0 saturated heterocycles. The van der Waals surface area contributed by atoms with Crippen molar-refractivity contribution >= 4 is 48.9 Å². The van der Waals surface area contributed by atoms with Crippen LogP contribution in [-0.4, -0.2) is 55.9 Å². The largest absolute Gasteiger partial charge is 0.493 e. The maximum atomic E-state index is 13.9. The maximum Gasteiger partial charge on any atom is 0.260 e. The minimum atomic E-state index is -2.32. The van der Waals surface area contributed by atoms with Crippen LogP contribution in [0.5, 0.6) is 11.5 Å². The van der Waals surface area contributed by atoms with Crippen LogP contribution in [0.1, 0.15) is 63.7 Å². The van der Waals surface area contributed by atoms with Gasteiger partial charge in [-0.05, 0) is 66.8 Å². The molecule has 1 aromatic rings. The zero-order chi connectivity index (χ0) is 27.4. The number of anilines is 1.